The van der Waals surface area contributed by atoms with Crippen molar-refractivity contribution in [2.75, 3.05) is 13.1 Å². The van der Waals surface area contributed by atoms with Crippen LogP contribution in [0.1, 0.15) is 29.5 Å². The SMILES string of the molecule is Cc1ccc(C2(F)CCCNC2)c(C)c1. The number of hydrogen-bond acceptors (Lipinski definition) is 1. The van der Waals surface area contributed by atoms with E-state index in [1.54, 1.807) is 0 Å². The topological polar surface area (TPSA) is 12.0 Å². The summed E-state index contributed by atoms with van der Waals surface area (Å²) >= 11 is 0. The Morgan fingerprint density at radius 2 is 2.13 bits per heavy atom. The smallest absolute Gasteiger partial charge is 0.148 e. The van der Waals surface area contributed by atoms with Crippen molar-refractivity contribution in [1.29, 1.82) is 0 Å². The van der Waals surface area contributed by atoms with Crippen LogP contribution in [0.5, 0.6) is 0 Å². The summed E-state index contributed by atoms with van der Waals surface area (Å²) in [7, 11) is 0. The second-order valence-electron chi connectivity index (χ2n) is 4.56. The van der Waals surface area contributed by atoms with Crippen LogP contribution in [0.25, 0.3) is 0 Å². The Morgan fingerprint density at radius 3 is 2.73 bits per heavy atom. The largest absolute Gasteiger partial charge is 0.313 e. The van der Waals surface area contributed by atoms with Gasteiger partial charge in [-0.1, -0.05) is 23.8 Å². The third kappa shape index (κ3) is 2.05. The lowest BCUT2D eigenvalue weighted by atomic mass is 9.85. The maximum atomic E-state index is 14.6. The first kappa shape index (κ1) is 10.6. The van der Waals surface area contributed by atoms with E-state index in [1.165, 1.54) is 5.56 Å². The molecule has 82 valence electrons. The van der Waals surface area contributed by atoms with Crippen LogP contribution in [0.4, 0.5) is 4.39 Å². The highest BCUT2D eigenvalue weighted by Gasteiger charge is 2.34. The third-order valence-corrected chi connectivity index (χ3v) is 3.20. The molecular formula is C13H18FN. The van der Waals surface area contributed by atoms with Crippen molar-refractivity contribution in [1.82, 2.24) is 5.32 Å². The molecule has 1 nitrogen and oxygen atoms in total. The Kier molecular flexibility index (Phi) is 2.79. The molecule has 1 N–H and O–H groups in total. The Labute approximate surface area is 90.7 Å². The van der Waals surface area contributed by atoms with Gasteiger partial charge in [-0.25, -0.2) is 4.39 Å². The molecule has 1 aromatic carbocycles. The van der Waals surface area contributed by atoms with Gasteiger partial charge in [0, 0.05) is 6.54 Å². The van der Waals surface area contributed by atoms with Crippen LogP contribution in [0.15, 0.2) is 18.2 Å². The lowest BCUT2D eigenvalue weighted by Gasteiger charge is -2.31. The number of rotatable bonds is 1. The Hall–Kier alpha value is -0.890. The predicted molar refractivity (Wildman–Crippen MR) is 60.8 cm³/mol. The second kappa shape index (κ2) is 3.93. The maximum Gasteiger partial charge on any atom is 0.148 e. The molecule has 1 heterocycles. The quantitative estimate of drug-likeness (QED) is 0.746. The first-order valence-corrected chi connectivity index (χ1v) is 5.59. The molecule has 0 amide bonds. The first-order chi connectivity index (χ1) is 7.12. The molecule has 1 saturated heterocycles. The lowest BCUT2D eigenvalue weighted by Crippen LogP contribution is -2.40. The molecule has 2 heteroatoms. The number of alkyl halides is 1. The van der Waals surface area contributed by atoms with Gasteiger partial charge in [0.05, 0.1) is 0 Å². The molecule has 0 aliphatic carbocycles. The van der Waals surface area contributed by atoms with E-state index < -0.39 is 5.67 Å². The molecule has 0 bridgehead atoms. The van der Waals surface area contributed by atoms with Crippen molar-refractivity contribution in [2.45, 2.75) is 32.4 Å². The normalized spacial score (nSPS) is 26.6. The molecule has 1 unspecified atom stereocenters. The molecule has 2 rings (SSSR count). The molecule has 0 radical (unpaired) electrons. The molecule has 1 aromatic rings. The van der Waals surface area contributed by atoms with Crippen molar-refractivity contribution in [3.05, 3.63) is 34.9 Å². The van der Waals surface area contributed by atoms with Gasteiger partial charge in [0.15, 0.2) is 0 Å². The Balaban J connectivity index is 2.35. The highest BCUT2D eigenvalue weighted by atomic mass is 19.1. The van der Waals surface area contributed by atoms with Crippen LogP contribution in [0, 0.1) is 13.8 Å². The summed E-state index contributed by atoms with van der Waals surface area (Å²) in [6, 6.07) is 6.00. The summed E-state index contributed by atoms with van der Waals surface area (Å²) in [4.78, 5) is 0. The van der Waals surface area contributed by atoms with Crippen molar-refractivity contribution >= 4 is 0 Å². The van der Waals surface area contributed by atoms with Gasteiger partial charge in [0.2, 0.25) is 0 Å². The van der Waals surface area contributed by atoms with Gasteiger partial charge in [0.25, 0.3) is 0 Å². The average molecular weight is 207 g/mol. The number of nitrogens with one attached hydrogen (secondary N) is 1. The number of benzene rings is 1. The van der Waals surface area contributed by atoms with Crippen molar-refractivity contribution in [3.63, 3.8) is 0 Å². The number of aryl methyl sites for hydroxylation is 2. The minimum absolute atomic E-state index is 0.455. The molecule has 1 aliphatic heterocycles. The van der Waals surface area contributed by atoms with Gasteiger partial charge in [-0.05, 0) is 44.4 Å². The zero-order valence-corrected chi connectivity index (χ0v) is 9.44. The molecule has 0 spiro atoms. The van der Waals surface area contributed by atoms with Crippen LogP contribution >= 0.6 is 0 Å². The fourth-order valence-corrected chi connectivity index (χ4v) is 2.41. The second-order valence-corrected chi connectivity index (χ2v) is 4.56. The van der Waals surface area contributed by atoms with E-state index in [9.17, 15) is 4.39 Å². The van der Waals surface area contributed by atoms with Crippen molar-refractivity contribution in [3.8, 4) is 0 Å². The summed E-state index contributed by atoms with van der Waals surface area (Å²) < 4.78 is 14.6. The fraction of sp³-hybridized carbons (Fsp3) is 0.538. The summed E-state index contributed by atoms with van der Waals surface area (Å²) in [6.07, 6.45) is 1.56. The summed E-state index contributed by atoms with van der Waals surface area (Å²) in [5.74, 6) is 0. The highest BCUT2D eigenvalue weighted by molar-refractivity contribution is 5.35. The average Bonchev–Trinajstić information content (AvgIpc) is 2.18. The first-order valence-electron chi connectivity index (χ1n) is 5.59. The fourth-order valence-electron chi connectivity index (χ4n) is 2.41. The highest BCUT2D eigenvalue weighted by Crippen LogP contribution is 2.34. The monoisotopic (exact) mass is 207 g/mol. The minimum atomic E-state index is -1.16. The van der Waals surface area contributed by atoms with Crippen LogP contribution in [-0.4, -0.2) is 13.1 Å². The Bertz CT molecular complexity index is 354. The third-order valence-electron chi connectivity index (χ3n) is 3.20. The van der Waals surface area contributed by atoms with Gasteiger partial charge in [-0.2, -0.15) is 0 Å². The summed E-state index contributed by atoms with van der Waals surface area (Å²) in [5, 5.41) is 3.14. The van der Waals surface area contributed by atoms with E-state index >= 15 is 0 Å². The van der Waals surface area contributed by atoms with E-state index in [4.69, 9.17) is 0 Å². The molecule has 1 aliphatic rings. The van der Waals surface area contributed by atoms with E-state index in [1.807, 2.05) is 26.0 Å². The molecular weight excluding hydrogens is 189 g/mol. The van der Waals surface area contributed by atoms with Gasteiger partial charge in [0.1, 0.15) is 5.67 Å². The lowest BCUT2D eigenvalue weighted by molar-refractivity contribution is 0.121. The number of hydrogen-bond donors (Lipinski definition) is 1. The van der Waals surface area contributed by atoms with Crippen molar-refractivity contribution < 1.29 is 4.39 Å². The van der Waals surface area contributed by atoms with Gasteiger partial charge in [-0.15, -0.1) is 0 Å². The zero-order valence-electron chi connectivity index (χ0n) is 9.44. The standard InChI is InChI=1S/C13H18FN/c1-10-4-5-12(11(2)8-10)13(14)6-3-7-15-9-13/h4-5,8,15H,3,6-7,9H2,1-2H3. The zero-order chi connectivity index (χ0) is 10.9. The predicted octanol–water partition coefficient (Wildman–Crippen LogP) is 2.85. The van der Waals surface area contributed by atoms with Crippen molar-refractivity contribution in [2.24, 2.45) is 0 Å². The van der Waals surface area contributed by atoms with E-state index in [0.29, 0.717) is 13.0 Å². The molecule has 0 aromatic heterocycles. The maximum absolute atomic E-state index is 14.6. The van der Waals surface area contributed by atoms with Crippen LogP contribution in [0.2, 0.25) is 0 Å². The molecule has 0 saturated carbocycles. The minimum Gasteiger partial charge on any atom is -0.313 e. The van der Waals surface area contributed by atoms with E-state index in [-0.39, 0.29) is 0 Å². The van der Waals surface area contributed by atoms with Gasteiger partial charge >= 0.3 is 0 Å². The number of halogens is 1. The van der Waals surface area contributed by atoms with E-state index in [2.05, 4.69) is 11.4 Å². The molecule has 15 heavy (non-hydrogen) atoms. The van der Waals surface area contributed by atoms with Crippen LogP contribution in [-0.2, 0) is 5.67 Å². The summed E-state index contributed by atoms with van der Waals surface area (Å²) in [6.45, 7) is 5.44. The summed E-state index contributed by atoms with van der Waals surface area (Å²) in [5.41, 5.74) is 1.97. The molecule has 1 atom stereocenters. The number of piperidine rings is 1. The van der Waals surface area contributed by atoms with E-state index in [0.717, 1.165) is 24.1 Å². The van der Waals surface area contributed by atoms with Gasteiger partial charge in [-0.3, -0.25) is 0 Å². The van der Waals surface area contributed by atoms with Crippen LogP contribution < -0.4 is 5.32 Å². The van der Waals surface area contributed by atoms with Crippen LogP contribution in [0.3, 0.4) is 0 Å². The van der Waals surface area contributed by atoms with Gasteiger partial charge < -0.3 is 5.32 Å². The Morgan fingerprint density at radius 1 is 1.33 bits per heavy atom. The molecule has 1 fully saturated rings.